The fourth-order valence-corrected chi connectivity index (χ4v) is 2.97. The molecule has 2 aromatic carbocycles. The number of carbonyl (C=O) groups excluding carboxylic acids is 1. The zero-order valence-corrected chi connectivity index (χ0v) is 15.8. The predicted molar refractivity (Wildman–Crippen MR) is 103 cm³/mol. The second-order valence-electron chi connectivity index (χ2n) is 7.40. The summed E-state index contributed by atoms with van der Waals surface area (Å²) in [6.45, 7) is 8.57. The van der Waals surface area contributed by atoms with Crippen LogP contribution in [0.25, 0.3) is 11.0 Å². The summed E-state index contributed by atoms with van der Waals surface area (Å²) in [6.07, 6.45) is 1.50. The first-order chi connectivity index (χ1) is 12.4. The minimum Gasteiger partial charge on any atom is -0.493 e. The van der Waals surface area contributed by atoms with Crippen molar-refractivity contribution in [2.45, 2.75) is 40.5 Å². The number of aromatic nitrogens is 3. The Labute approximate surface area is 154 Å². The SMILES string of the molecule is Cc1ccc(C)c(OCCCC(C)(C)C(=O)n2nnc3ccccc32)c1. The Kier molecular flexibility index (Phi) is 5.07. The molecule has 0 N–H and O–H groups in total. The van der Waals surface area contributed by atoms with Gasteiger partial charge in [0.15, 0.2) is 0 Å². The van der Waals surface area contributed by atoms with Gasteiger partial charge in [-0.15, -0.1) is 5.10 Å². The lowest BCUT2D eigenvalue weighted by molar-refractivity contribution is 0.0709. The van der Waals surface area contributed by atoms with Crippen molar-refractivity contribution in [1.82, 2.24) is 15.0 Å². The molecule has 0 spiro atoms. The molecule has 0 fully saturated rings. The molecule has 0 saturated carbocycles. The van der Waals surface area contributed by atoms with E-state index in [9.17, 15) is 4.79 Å². The van der Waals surface area contributed by atoms with Crippen molar-refractivity contribution in [1.29, 1.82) is 0 Å². The average molecular weight is 351 g/mol. The molecule has 3 aromatic rings. The Morgan fingerprint density at radius 1 is 1.15 bits per heavy atom. The molecule has 0 aliphatic carbocycles. The Hall–Kier alpha value is -2.69. The van der Waals surface area contributed by atoms with E-state index in [0.717, 1.165) is 28.8 Å². The molecular formula is C21H25N3O2. The number of fused-ring (bicyclic) bond motifs is 1. The largest absolute Gasteiger partial charge is 0.493 e. The van der Waals surface area contributed by atoms with E-state index < -0.39 is 5.41 Å². The summed E-state index contributed by atoms with van der Waals surface area (Å²) >= 11 is 0. The Balaban J connectivity index is 1.61. The molecule has 1 heterocycles. The van der Waals surface area contributed by atoms with Crippen LogP contribution in [0, 0.1) is 19.3 Å². The number of benzene rings is 2. The number of para-hydroxylation sites is 1. The van der Waals surface area contributed by atoms with Crippen LogP contribution in [0.15, 0.2) is 42.5 Å². The second kappa shape index (κ2) is 7.28. The predicted octanol–water partition coefficient (Wildman–Crippen LogP) is 4.57. The van der Waals surface area contributed by atoms with Gasteiger partial charge in [-0.05, 0) is 56.0 Å². The van der Waals surface area contributed by atoms with Crippen LogP contribution in [0.3, 0.4) is 0 Å². The molecule has 0 aliphatic rings. The third kappa shape index (κ3) is 3.77. The summed E-state index contributed by atoms with van der Waals surface area (Å²) in [6, 6.07) is 13.7. The van der Waals surface area contributed by atoms with E-state index in [4.69, 9.17) is 4.74 Å². The maximum absolute atomic E-state index is 12.9. The Morgan fingerprint density at radius 2 is 1.92 bits per heavy atom. The first-order valence-corrected chi connectivity index (χ1v) is 8.94. The van der Waals surface area contributed by atoms with Crippen LogP contribution in [-0.4, -0.2) is 27.5 Å². The van der Waals surface area contributed by atoms with E-state index in [2.05, 4.69) is 29.4 Å². The van der Waals surface area contributed by atoms with Gasteiger partial charge >= 0.3 is 0 Å². The van der Waals surface area contributed by atoms with E-state index in [-0.39, 0.29) is 5.91 Å². The van der Waals surface area contributed by atoms with Crippen molar-refractivity contribution >= 4 is 16.9 Å². The number of hydrogen-bond donors (Lipinski definition) is 0. The maximum Gasteiger partial charge on any atom is 0.254 e. The fraction of sp³-hybridized carbons (Fsp3) is 0.381. The van der Waals surface area contributed by atoms with Crippen LogP contribution in [0.2, 0.25) is 0 Å². The molecule has 0 aliphatic heterocycles. The lowest BCUT2D eigenvalue weighted by Gasteiger charge is -2.22. The van der Waals surface area contributed by atoms with Gasteiger partial charge in [-0.1, -0.05) is 43.3 Å². The highest BCUT2D eigenvalue weighted by atomic mass is 16.5. The monoisotopic (exact) mass is 351 g/mol. The van der Waals surface area contributed by atoms with Gasteiger partial charge in [-0.2, -0.15) is 4.68 Å². The molecule has 5 heteroatoms. The molecule has 0 unspecified atom stereocenters. The molecule has 0 saturated heterocycles. The highest BCUT2D eigenvalue weighted by molar-refractivity contribution is 5.91. The van der Waals surface area contributed by atoms with Crippen molar-refractivity contribution in [2.75, 3.05) is 6.61 Å². The molecule has 26 heavy (non-hydrogen) atoms. The number of aryl methyl sites for hydroxylation is 2. The molecule has 5 nitrogen and oxygen atoms in total. The van der Waals surface area contributed by atoms with Crippen LogP contribution in [0.1, 0.15) is 42.6 Å². The molecule has 0 radical (unpaired) electrons. The van der Waals surface area contributed by atoms with Crippen molar-refractivity contribution in [3.05, 3.63) is 53.6 Å². The van der Waals surface area contributed by atoms with Crippen LogP contribution >= 0.6 is 0 Å². The first-order valence-electron chi connectivity index (χ1n) is 8.94. The van der Waals surface area contributed by atoms with Gasteiger partial charge in [0.05, 0.1) is 12.1 Å². The van der Waals surface area contributed by atoms with Gasteiger partial charge in [0.2, 0.25) is 0 Å². The highest BCUT2D eigenvalue weighted by Gasteiger charge is 2.30. The summed E-state index contributed by atoms with van der Waals surface area (Å²) in [7, 11) is 0. The number of hydrogen-bond acceptors (Lipinski definition) is 4. The van der Waals surface area contributed by atoms with Crippen molar-refractivity contribution < 1.29 is 9.53 Å². The number of nitrogens with zero attached hydrogens (tertiary/aromatic N) is 3. The van der Waals surface area contributed by atoms with Gasteiger partial charge in [-0.25, -0.2) is 0 Å². The van der Waals surface area contributed by atoms with Crippen LogP contribution in [0.5, 0.6) is 5.75 Å². The van der Waals surface area contributed by atoms with Crippen LogP contribution < -0.4 is 4.74 Å². The number of ether oxygens (including phenoxy) is 1. The molecule has 136 valence electrons. The topological polar surface area (TPSA) is 57.0 Å². The summed E-state index contributed by atoms with van der Waals surface area (Å²) in [5, 5.41) is 8.12. The highest BCUT2D eigenvalue weighted by Crippen LogP contribution is 2.27. The van der Waals surface area contributed by atoms with Gasteiger partial charge in [0.1, 0.15) is 11.3 Å². The average Bonchev–Trinajstić information content (AvgIpc) is 3.04. The van der Waals surface area contributed by atoms with Gasteiger partial charge in [-0.3, -0.25) is 4.79 Å². The molecule has 3 rings (SSSR count). The number of carbonyl (C=O) groups is 1. The molecule has 0 atom stereocenters. The van der Waals surface area contributed by atoms with Crippen molar-refractivity contribution in [2.24, 2.45) is 5.41 Å². The minimum atomic E-state index is -0.540. The van der Waals surface area contributed by atoms with E-state index in [0.29, 0.717) is 13.0 Å². The zero-order valence-electron chi connectivity index (χ0n) is 15.8. The maximum atomic E-state index is 12.9. The van der Waals surface area contributed by atoms with E-state index >= 15 is 0 Å². The van der Waals surface area contributed by atoms with Crippen LogP contribution in [0.4, 0.5) is 0 Å². The third-order valence-corrected chi connectivity index (χ3v) is 4.67. The van der Waals surface area contributed by atoms with Crippen molar-refractivity contribution in [3.63, 3.8) is 0 Å². The Morgan fingerprint density at radius 3 is 2.73 bits per heavy atom. The summed E-state index contributed by atoms with van der Waals surface area (Å²) in [4.78, 5) is 12.9. The van der Waals surface area contributed by atoms with Gasteiger partial charge in [0.25, 0.3) is 5.91 Å². The van der Waals surface area contributed by atoms with E-state index in [1.807, 2.05) is 51.1 Å². The standard InChI is InChI=1S/C21H25N3O2/c1-15-10-11-16(2)19(14-15)26-13-7-12-21(3,4)20(25)24-18-9-6-5-8-17(18)22-23-24/h5-6,8-11,14H,7,12-13H2,1-4H3. The molecular weight excluding hydrogens is 326 g/mol. The number of rotatable bonds is 6. The molecule has 1 aromatic heterocycles. The zero-order chi connectivity index (χ0) is 18.7. The smallest absolute Gasteiger partial charge is 0.254 e. The summed E-state index contributed by atoms with van der Waals surface area (Å²) in [5.41, 5.74) is 3.24. The Bertz CT molecular complexity index is 928. The quantitative estimate of drug-likeness (QED) is 0.610. The first kappa shape index (κ1) is 18.1. The third-order valence-electron chi connectivity index (χ3n) is 4.67. The van der Waals surface area contributed by atoms with Gasteiger partial charge in [0, 0.05) is 5.41 Å². The lowest BCUT2D eigenvalue weighted by atomic mass is 9.87. The van der Waals surface area contributed by atoms with Crippen LogP contribution in [-0.2, 0) is 0 Å². The lowest BCUT2D eigenvalue weighted by Crippen LogP contribution is -2.31. The van der Waals surface area contributed by atoms with Gasteiger partial charge < -0.3 is 4.74 Å². The minimum absolute atomic E-state index is 0.0436. The summed E-state index contributed by atoms with van der Waals surface area (Å²) in [5.74, 6) is 0.870. The second-order valence-corrected chi connectivity index (χ2v) is 7.40. The normalized spacial score (nSPS) is 11.7. The van der Waals surface area contributed by atoms with E-state index in [1.165, 1.54) is 10.2 Å². The molecule has 0 amide bonds. The summed E-state index contributed by atoms with van der Waals surface area (Å²) < 4.78 is 7.33. The molecule has 0 bridgehead atoms. The van der Waals surface area contributed by atoms with Crippen molar-refractivity contribution in [3.8, 4) is 5.75 Å². The fourth-order valence-electron chi connectivity index (χ4n) is 2.97. The van der Waals surface area contributed by atoms with E-state index in [1.54, 1.807) is 0 Å².